The molecule has 1 aliphatic rings. The van der Waals surface area contributed by atoms with E-state index in [1.54, 1.807) is 6.20 Å². The highest BCUT2D eigenvalue weighted by Gasteiger charge is 2.18. The summed E-state index contributed by atoms with van der Waals surface area (Å²) in [6, 6.07) is 0. The minimum atomic E-state index is 0.726. The van der Waals surface area contributed by atoms with Crippen LogP contribution in [0.15, 0.2) is 12.4 Å². The lowest BCUT2D eigenvalue weighted by Crippen LogP contribution is -2.36. The SMILES string of the molecule is CSCC1CCN(CCn2cc(Cl)cn2)CC1. The van der Waals surface area contributed by atoms with Crippen molar-refractivity contribution in [2.24, 2.45) is 5.92 Å². The molecular weight excluding hydrogens is 254 g/mol. The van der Waals surface area contributed by atoms with Crippen molar-refractivity contribution in [1.29, 1.82) is 0 Å². The number of hydrogen-bond donors (Lipinski definition) is 0. The molecule has 0 saturated carbocycles. The molecule has 0 aliphatic carbocycles. The number of hydrogen-bond acceptors (Lipinski definition) is 3. The first-order valence-electron chi connectivity index (χ1n) is 6.17. The predicted molar refractivity (Wildman–Crippen MR) is 74.8 cm³/mol. The number of rotatable bonds is 5. The standard InChI is InChI=1S/C12H20ClN3S/c1-17-10-11-2-4-15(5-3-11)6-7-16-9-12(13)8-14-16/h8-9,11H,2-7,10H2,1H3. The molecule has 2 rings (SSSR count). The molecule has 0 N–H and O–H groups in total. The Morgan fingerprint density at radius 2 is 2.18 bits per heavy atom. The van der Waals surface area contributed by atoms with Crippen molar-refractivity contribution < 1.29 is 0 Å². The number of aromatic nitrogens is 2. The van der Waals surface area contributed by atoms with Gasteiger partial charge in [0.25, 0.3) is 0 Å². The molecule has 5 heteroatoms. The number of thioether (sulfide) groups is 1. The van der Waals surface area contributed by atoms with Gasteiger partial charge in [-0.3, -0.25) is 4.68 Å². The topological polar surface area (TPSA) is 21.1 Å². The van der Waals surface area contributed by atoms with E-state index in [9.17, 15) is 0 Å². The van der Waals surface area contributed by atoms with Crippen LogP contribution in [0.4, 0.5) is 0 Å². The molecule has 3 nitrogen and oxygen atoms in total. The van der Waals surface area contributed by atoms with E-state index in [2.05, 4.69) is 16.3 Å². The maximum Gasteiger partial charge on any atom is 0.0785 e. The molecule has 0 aromatic carbocycles. The van der Waals surface area contributed by atoms with Crippen LogP contribution in [0.3, 0.4) is 0 Å². The number of nitrogens with zero attached hydrogens (tertiary/aromatic N) is 3. The molecule has 0 atom stereocenters. The summed E-state index contributed by atoms with van der Waals surface area (Å²) in [6.45, 7) is 4.50. The second-order valence-corrected chi connectivity index (χ2v) is 6.01. The summed E-state index contributed by atoms with van der Waals surface area (Å²) in [6.07, 6.45) is 8.49. The molecule has 1 fully saturated rings. The van der Waals surface area contributed by atoms with Crippen LogP contribution in [-0.2, 0) is 6.54 Å². The monoisotopic (exact) mass is 273 g/mol. The maximum atomic E-state index is 5.84. The van der Waals surface area contributed by atoms with Gasteiger partial charge in [0.15, 0.2) is 0 Å². The van der Waals surface area contributed by atoms with Gasteiger partial charge in [-0.25, -0.2) is 0 Å². The van der Waals surface area contributed by atoms with Crippen molar-refractivity contribution in [1.82, 2.24) is 14.7 Å². The maximum absolute atomic E-state index is 5.84. The van der Waals surface area contributed by atoms with E-state index in [-0.39, 0.29) is 0 Å². The molecule has 2 heterocycles. The minimum absolute atomic E-state index is 0.726. The fraction of sp³-hybridized carbons (Fsp3) is 0.750. The molecule has 96 valence electrons. The van der Waals surface area contributed by atoms with E-state index >= 15 is 0 Å². The van der Waals surface area contributed by atoms with Crippen molar-refractivity contribution >= 4 is 23.4 Å². The van der Waals surface area contributed by atoms with Gasteiger partial charge in [-0.1, -0.05) is 11.6 Å². The van der Waals surface area contributed by atoms with Crippen LogP contribution in [0.5, 0.6) is 0 Å². The van der Waals surface area contributed by atoms with Gasteiger partial charge in [-0.15, -0.1) is 0 Å². The van der Waals surface area contributed by atoms with Gasteiger partial charge in [-0.05, 0) is 43.9 Å². The first-order valence-corrected chi connectivity index (χ1v) is 7.94. The first-order chi connectivity index (χ1) is 8.28. The second kappa shape index (κ2) is 6.66. The molecule has 1 aromatic rings. The van der Waals surface area contributed by atoms with Crippen LogP contribution >= 0.6 is 23.4 Å². The first kappa shape index (κ1) is 13.2. The smallest absolute Gasteiger partial charge is 0.0785 e. The highest BCUT2D eigenvalue weighted by Crippen LogP contribution is 2.20. The fourth-order valence-electron chi connectivity index (χ4n) is 2.32. The minimum Gasteiger partial charge on any atom is -0.301 e. The highest BCUT2D eigenvalue weighted by molar-refractivity contribution is 7.98. The van der Waals surface area contributed by atoms with Crippen molar-refractivity contribution in [2.45, 2.75) is 19.4 Å². The fourth-order valence-corrected chi connectivity index (χ4v) is 3.28. The van der Waals surface area contributed by atoms with Crippen LogP contribution in [-0.4, -0.2) is 46.3 Å². The molecular formula is C12H20ClN3S. The van der Waals surface area contributed by atoms with Crippen molar-refractivity contribution in [3.63, 3.8) is 0 Å². The molecule has 0 radical (unpaired) electrons. The van der Waals surface area contributed by atoms with E-state index < -0.39 is 0 Å². The largest absolute Gasteiger partial charge is 0.301 e. The van der Waals surface area contributed by atoms with E-state index in [1.165, 1.54) is 31.7 Å². The zero-order chi connectivity index (χ0) is 12.1. The van der Waals surface area contributed by atoms with Crippen LogP contribution in [0, 0.1) is 5.92 Å². The lowest BCUT2D eigenvalue weighted by molar-refractivity contribution is 0.186. The summed E-state index contributed by atoms with van der Waals surface area (Å²) in [7, 11) is 0. The van der Waals surface area contributed by atoms with Gasteiger partial charge in [0, 0.05) is 12.7 Å². The number of likely N-dealkylation sites (tertiary alicyclic amines) is 1. The zero-order valence-electron chi connectivity index (χ0n) is 10.3. The lowest BCUT2D eigenvalue weighted by Gasteiger charge is -2.31. The molecule has 0 spiro atoms. The van der Waals surface area contributed by atoms with E-state index in [4.69, 9.17) is 11.6 Å². The molecule has 1 aliphatic heterocycles. The van der Waals surface area contributed by atoms with Crippen molar-refractivity contribution in [2.75, 3.05) is 31.6 Å². The summed E-state index contributed by atoms with van der Waals surface area (Å²) in [5, 5.41) is 4.92. The average Bonchev–Trinajstić information content (AvgIpc) is 2.75. The van der Waals surface area contributed by atoms with Crippen LogP contribution in [0.1, 0.15) is 12.8 Å². The third kappa shape index (κ3) is 4.19. The third-order valence-corrected chi connectivity index (χ3v) is 4.36. The summed E-state index contributed by atoms with van der Waals surface area (Å²) < 4.78 is 1.93. The average molecular weight is 274 g/mol. The van der Waals surface area contributed by atoms with Gasteiger partial charge in [0.2, 0.25) is 0 Å². The Morgan fingerprint density at radius 3 is 2.76 bits per heavy atom. The molecule has 17 heavy (non-hydrogen) atoms. The van der Waals surface area contributed by atoms with Gasteiger partial charge in [0.05, 0.1) is 17.8 Å². The summed E-state index contributed by atoms with van der Waals surface area (Å²) in [4.78, 5) is 2.53. The summed E-state index contributed by atoms with van der Waals surface area (Å²) >= 11 is 7.81. The molecule has 0 bridgehead atoms. The van der Waals surface area contributed by atoms with Crippen LogP contribution in [0.25, 0.3) is 0 Å². The van der Waals surface area contributed by atoms with Gasteiger partial charge < -0.3 is 4.90 Å². The predicted octanol–water partition coefficient (Wildman–Crippen LogP) is 2.61. The Bertz CT molecular complexity index is 334. The van der Waals surface area contributed by atoms with Gasteiger partial charge >= 0.3 is 0 Å². The Morgan fingerprint density at radius 1 is 1.41 bits per heavy atom. The quantitative estimate of drug-likeness (QED) is 0.823. The van der Waals surface area contributed by atoms with Gasteiger partial charge in [0.1, 0.15) is 0 Å². The van der Waals surface area contributed by atoms with E-state index in [1.807, 2.05) is 22.6 Å². The molecule has 1 aromatic heterocycles. The number of halogens is 1. The Labute approximate surface area is 113 Å². The number of piperidine rings is 1. The Hall–Kier alpha value is -0.190. The third-order valence-electron chi connectivity index (χ3n) is 3.36. The van der Waals surface area contributed by atoms with E-state index in [0.717, 1.165) is 24.0 Å². The Kier molecular flexibility index (Phi) is 5.19. The normalized spacial score (nSPS) is 18.7. The highest BCUT2D eigenvalue weighted by atomic mass is 35.5. The summed E-state index contributed by atoms with van der Waals surface area (Å²) in [5.41, 5.74) is 0. The Balaban J connectivity index is 1.68. The van der Waals surface area contributed by atoms with Crippen LogP contribution in [0.2, 0.25) is 5.02 Å². The summed E-state index contributed by atoms with van der Waals surface area (Å²) in [5.74, 6) is 2.25. The van der Waals surface area contributed by atoms with Crippen molar-refractivity contribution in [3.05, 3.63) is 17.4 Å². The molecule has 1 saturated heterocycles. The van der Waals surface area contributed by atoms with E-state index in [0.29, 0.717) is 0 Å². The zero-order valence-corrected chi connectivity index (χ0v) is 11.9. The van der Waals surface area contributed by atoms with Gasteiger partial charge in [-0.2, -0.15) is 16.9 Å². The lowest BCUT2D eigenvalue weighted by atomic mass is 9.99. The van der Waals surface area contributed by atoms with Crippen LogP contribution < -0.4 is 0 Å². The van der Waals surface area contributed by atoms with Crippen molar-refractivity contribution in [3.8, 4) is 0 Å². The second-order valence-electron chi connectivity index (χ2n) is 4.66. The molecule has 0 unspecified atom stereocenters. The molecule has 0 amide bonds.